The lowest BCUT2D eigenvalue weighted by molar-refractivity contribution is 0.236. The van der Waals surface area contributed by atoms with Gasteiger partial charge in [0.15, 0.2) is 0 Å². The fraction of sp³-hybridized carbons (Fsp3) is 0.389. The third kappa shape index (κ3) is 4.65. The van der Waals surface area contributed by atoms with E-state index in [1.807, 2.05) is 38.1 Å². The molecule has 118 valence electrons. The Morgan fingerprint density at radius 1 is 1.23 bits per heavy atom. The first-order valence-electron chi connectivity index (χ1n) is 7.72. The summed E-state index contributed by atoms with van der Waals surface area (Å²) < 4.78 is 5.46. The van der Waals surface area contributed by atoms with Gasteiger partial charge in [0, 0.05) is 18.2 Å². The van der Waals surface area contributed by atoms with Crippen molar-refractivity contribution in [1.29, 1.82) is 0 Å². The Bertz CT molecular complexity index is 605. The van der Waals surface area contributed by atoms with Crippen molar-refractivity contribution >= 4 is 6.03 Å². The van der Waals surface area contributed by atoms with E-state index in [0.29, 0.717) is 6.54 Å². The number of urea groups is 1. The molecule has 1 heterocycles. The maximum Gasteiger partial charge on any atom is 0.315 e. The second kappa shape index (κ2) is 7.69. The van der Waals surface area contributed by atoms with Gasteiger partial charge in [-0.1, -0.05) is 37.3 Å². The molecule has 0 bridgehead atoms. The number of furan rings is 1. The maximum absolute atomic E-state index is 12.0. The van der Waals surface area contributed by atoms with Crippen molar-refractivity contribution in [3.05, 3.63) is 59.0 Å². The molecule has 0 spiro atoms. The number of aryl methyl sites for hydroxylation is 2. The molecule has 1 atom stereocenters. The fourth-order valence-electron chi connectivity index (χ4n) is 2.47. The summed E-state index contributed by atoms with van der Waals surface area (Å²) >= 11 is 0. The summed E-state index contributed by atoms with van der Waals surface area (Å²) in [6, 6.07) is 12.2. The predicted molar refractivity (Wildman–Crippen MR) is 87.8 cm³/mol. The number of hydrogen-bond donors (Lipinski definition) is 2. The third-order valence-corrected chi connectivity index (χ3v) is 3.74. The van der Waals surface area contributed by atoms with Crippen LogP contribution in [0.3, 0.4) is 0 Å². The smallest absolute Gasteiger partial charge is 0.315 e. The van der Waals surface area contributed by atoms with Gasteiger partial charge in [-0.15, -0.1) is 0 Å². The monoisotopic (exact) mass is 300 g/mol. The van der Waals surface area contributed by atoms with Gasteiger partial charge in [-0.25, -0.2) is 4.79 Å². The Morgan fingerprint density at radius 3 is 2.55 bits per heavy atom. The summed E-state index contributed by atoms with van der Waals surface area (Å²) in [6.07, 6.45) is 1.74. The lowest BCUT2D eigenvalue weighted by Gasteiger charge is -2.17. The van der Waals surface area contributed by atoms with Gasteiger partial charge in [0.1, 0.15) is 11.5 Å². The standard InChI is InChI=1S/C18H24N2O2/c1-4-17(11-15-8-6-5-7-9-15)20-18(21)19-12-16-10-13(2)22-14(16)3/h5-10,17H,4,11-12H2,1-3H3,(H2,19,20,21). The lowest BCUT2D eigenvalue weighted by Crippen LogP contribution is -2.42. The summed E-state index contributed by atoms with van der Waals surface area (Å²) in [7, 11) is 0. The topological polar surface area (TPSA) is 54.3 Å². The van der Waals surface area contributed by atoms with Crippen LogP contribution in [0, 0.1) is 13.8 Å². The average molecular weight is 300 g/mol. The average Bonchev–Trinajstić information content (AvgIpc) is 2.83. The quantitative estimate of drug-likeness (QED) is 0.854. The molecule has 0 aliphatic rings. The third-order valence-electron chi connectivity index (χ3n) is 3.74. The van der Waals surface area contributed by atoms with Gasteiger partial charge in [-0.3, -0.25) is 0 Å². The van der Waals surface area contributed by atoms with Gasteiger partial charge < -0.3 is 15.1 Å². The number of hydrogen-bond acceptors (Lipinski definition) is 2. The summed E-state index contributed by atoms with van der Waals surface area (Å²) in [5.74, 6) is 1.72. The number of carbonyl (C=O) groups is 1. The Kier molecular flexibility index (Phi) is 5.64. The highest BCUT2D eigenvalue weighted by atomic mass is 16.3. The minimum atomic E-state index is -0.138. The second-order valence-electron chi connectivity index (χ2n) is 5.56. The van der Waals surface area contributed by atoms with Crippen LogP contribution in [-0.2, 0) is 13.0 Å². The summed E-state index contributed by atoms with van der Waals surface area (Å²) in [5.41, 5.74) is 2.25. The van der Waals surface area contributed by atoms with Crippen LogP contribution in [0.1, 0.15) is 36.0 Å². The molecular formula is C18H24N2O2. The highest BCUT2D eigenvalue weighted by Crippen LogP contribution is 2.13. The van der Waals surface area contributed by atoms with E-state index in [1.54, 1.807) is 0 Å². The van der Waals surface area contributed by atoms with Gasteiger partial charge in [0.2, 0.25) is 0 Å². The highest BCUT2D eigenvalue weighted by molar-refractivity contribution is 5.74. The second-order valence-corrected chi connectivity index (χ2v) is 5.56. The molecule has 2 amide bonds. The molecule has 0 saturated carbocycles. The predicted octanol–water partition coefficient (Wildman–Crippen LogP) is 3.72. The van der Waals surface area contributed by atoms with E-state index in [-0.39, 0.29) is 12.1 Å². The minimum absolute atomic E-state index is 0.134. The molecule has 0 fully saturated rings. The Balaban J connectivity index is 1.83. The van der Waals surface area contributed by atoms with E-state index in [4.69, 9.17) is 4.42 Å². The van der Waals surface area contributed by atoms with Crippen LogP contribution in [0.2, 0.25) is 0 Å². The van der Waals surface area contributed by atoms with Crippen LogP contribution in [-0.4, -0.2) is 12.1 Å². The molecule has 0 radical (unpaired) electrons. The molecule has 2 aromatic rings. The van der Waals surface area contributed by atoms with Crippen LogP contribution < -0.4 is 10.6 Å². The molecule has 0 aliphatic heterocycles. The van der Waals surface area contributed by atoms with Crippen molar-refractivity contribution < 1.29 is 9.21 Å². The van der Waals surface area contributed by atoms with Crippen molar-refractivity contribution in [3.8, 4) is 0 Å². The van der Waals surface area contributed by atoms with Gasteiger partial charge in [-0.2, -0.15) is 0 Å². The number of benzene rings is 1. The normalized spacial score (nSPS) is 12.0. The van der Waals surface area contributed by atoms with Crippen molar-refractivity contribution in [2.24, 2.45) is 0 Å². The molecule has 0 saturated heterocycles. The van der Waals surface area contributed by atoms with Crippen LogP contribution in [0.15, 0.2) is 40.8 Å². The molecule has 4 heteroatoms. The zero-order valence-corrected chi connectivity index (χ0v) is 13.5. The fourth-order valence-corrected chi connectivity index (χ4v) is 2.47. The van der Waals surface area contributed by atoms with Crippen molar-refractivity contribution in [3.63, 3.8) is 0 Å². The number of carbonyl (C=O) groups excluding carboxylic acids is 1. The molecule has 2 N–H and O–H groups in total. The van der Waals surface area contributed by atoms with Crippen molar-refractivity contribution in [2.45, 2.75) is 46.2 Å². The van der Waals surface area contributed by atoms with E-state index in [9.17, 15) is 4.79 Å². The number of rotatable bonds is 6. The summed E-state index contributed by atoms with van der Waals surface area (Å²) in [5, 5.41) is 5.92. The molecule has 4 nitrogen and oxygen atoms in total. The van der Waals surface area contributed by atoms with Crippen LogP contribution in [0.4, 0.5) is 4.79 Å². The molecule has 1 unspecified atom stereocenters. The lowest BCUT2D eigenvalue weighted by atomic mass is 10.0. The number of nitrogens with one attached hydrogen (secondary N) is 2. The van der Waals surface area contributed by atoms with Crippen LogP contribution >= 0.6 is 0 Å². The molecule has 2 rings (SSSR count). The van der Waals surface area contributed by atoms with E-state index in [2.05, 4.69) is 29.7 Å². The zero-order chi connectivity index (χ0) is 15.9. The molecule has 1 aromatic carbocycles. The summed E-state index contributed by atoms with van der Waals surface area (Å²) in [4.78, 5) is 12.0. The Labute approximate surface area is 131 Å². The number of amides is 2. The zero-order valence-electron chi connectivity index (χ0n) is 13.5. The van der Waals surface area contributed by atoms with Gasteiger partial charge in [0.25, 0.3) is 0 Å². The molecule has 22 heavy (non-hydrogen) atoms. The van der Waals surface area contributed by atoms with Gasteiger partial charge in [-0.05, 0) is 38.3 Å². The first-order valence-corrected chi connectivity index (χ1v) is 7.72. The molecule has 0 aliphatic carbocycles. The molecular weight excluding hydrogens is 276 g/mol. The van der Waals surface area contributed by atoms with Crippen molar-refractivity contribution in [1.82, 2.24) is 10.6 Å². The van der Waals surface area contributed by atoms with Crippen LogP contribution in [0.5, 0.6) is 0 Å². The SMILES string of the molecule is CCC(Cc1ccccc1)NC(=O)NCc1cc(C)oc1C. The summed E-state index contributed by atoms with van der Waals surface area (Å²) in [6.45, 7) is 6.38. The van der Waals surface area contributed by atoms with Crippen molar-refractivity contribution in [2.75, 3.05) is 0 Å². The van der Waals surface area contributed by atoms with Gasteiger partial charge >= 0.3 is 6.03 Å². The minimum Gasteiger partial charge on any atom is -0.466 e. The first-order chi connectivity index (χ1) is 10.6. The van der Waals surface area contributed by atoms with E-state index in [0.717, 1.165) is 29.9 Å². The Hall–Kier alpha value is -2.23. The Morgan fingerprint density at radius 2 is 1.95 bits per heavy atom. The largest absolute Gasteiger partial charge is 0.466 e. The van der Waals surface area contributed by atoms with E-state index >= 15 is 0 Å². The molecule has 1 aromatic heterocycles. The van der Waals surface area contributed by atoms with E-state index in [1.165, 1.54) is 5.56 Å². The first kappa shape index (κ1) is 16.1. The maximum atomic E-state index is 12.0. The van der Waals surface area contributed by atoms with Crippen LogP contribution in [0.25, 0.3) is 0 Å². The van der Waals surface area contributed by atoms with E-state index < -0.39 is 0 Å². The highest BCUT2D eigenvalue weighted by Gasteiger charge is 2.12. The van der Waals surface area contributed by atoms with Gasteiger partial charge in [0.05, 0.1) is 0 Å².